The van der Waals surface area contributed by atoms with Gasteiger partial charge in [0.2, 0.25) is 0 Å². The number of benzene rings is 2. The molecule has 1 amide bonds. The normalized spacial score (nSPS) is 16.4. The molecule has 1 fully saturated rings. The Morgan fingerprint density at radius 1 is 1.19 bits per heavy atom. The van der Waals surface area contributed by atoms with Crippen LogP contribution in [-0.2, 0) is 0 Å². The quantitative estimate of drug-likeness (QED) is 0.728. The molecule has 6 heteroatoms. The van der Waals surface area contributed by atoms with Crippen LogP contribution in [-0.4, -0.2) is 34.0 Å². The van der Waals surface area contributed by atoms with Gasteiger partial charge in [0.25, 0.3) is 11.8 Å². The maximum atomic E-state index is 12.7. The lowest BCUT2D eigenvalue weighted by molar-refractivity contribution is 0.0790. The number of carbonyl (C=O) groups excluding carboxylic acids is 1. The number of nitriles is 1. The van der Waals surface area contributed by atoms with Crippen LogP contribution in [0.15, 0.2) is 59.1 Å². The zero-order chi connectivity index (χ0) is 17.9. The first-order valence-electron chi connectivity index (χ1n) is 8.43. The summed E-state index contributed by atoms with van der Waals surface area (Å²) in [5.74, 6) is 1.10. The van der Waals surface area contributed by atoms with E-state index in [1.807, 2.05) is 30.3 Å². The highest BCUT2D eigenvalue weighted by Gasteiger charge is 2.31. The molecule has 26 heavy (non-hydrogen) atoms. The molecule has 3 aromatic rings. The van der Waals surface area contributed by atoms with E-state index in [1.54, 1.807) is 29.2 Å². The van der Waals surface area contributed by atoms with Crippen molar-refractivity contribution in [2.45, 2.75) is 12.3 Å². The number of likely N-dealkylation sites (tertiary alicyclic amines) is 1. The molecule has 1 aliphatic rings. The molecule has 0 unspecified atom stereocenters. The van der Waals surface area contributed by atoms with Crippen molar-refractivity contribution in [2.24, 2.45) is 0 Å². The summed E-state index contributed by atoms with van der Waals surface area (Å²) in [4.78, 5) is 18.9. The topological polar surface area (TPSA) is 83.0 Å². The van der Waals surface area contributed by atoms with Gasteiger partial charge in [-0.25, -0.2) is 0 Å². The molecule has 1 aliphatic heterocycles. The second kappa shape index (κ2) is 6.81. The van der Waals surface area contributed by atoms with E-state index in [0.29, 0.717) is 35.9 Å². The number of amides is 1. The fraction of sp³-hybridized carbons (Fsp3) is 0.200. The minimum absolute atomic E-state index is 0.0549. The Labute approximate surface area is 150 Å². The molecule has 2 aromatic carbocycles. The predicted molar refractivity (Wildman–Crippen MR) is 94.2 cm³/mol. The molecule has 1 aromatic heterocycles. The van der Waals surface area contributed by atoms with Crippen molar-refractivity contribution < 1.29 is 9.32 Å². The molecule has 128 valence electrons. The second-order valence-corrected chi connectivity index (χ2v) is 6.25. The van der Waals surface area contributed by atoms with Crippen LogP contribution in [0.1, 0.15) is 34.1 Å². The van der Waals surface area contributed by atoms with Gasteiger partial charge in [-0.2, -0.15) is 10.2 Å². The smallest absolute Gasteiger partial charge is 0.257 e. The highest BCUT2D eigenvalue weighted by atomic mass is 16.5. The van der Waals surface area contributed by atoms with Gasteiger partial charge < -0.3 is 9.42 Å². The fourth-order valence-corrected chi connectivity index (χ4v) is 3.16. The maximum absolute atomic E-state index is 12.7. The molecule has 2 heterocycles. The summed E-state index contributed by atoms with van der Waals surface area (Å²) in [7, 11) is 0. The summed E-state index contributed by atoms with van der Waals surface area (Å²) in [6, 6.07) is 18.5. The molecule has 1 saturated heterocycles. The fourth-order valence-electron chi connectivity index (χ4n) is 3.16. The summed E-state index contributed by atoms with van der Waals surface area (Å²) in [5, 5.41) is 13.1. The Kier molecular flexibility index (Phi) is 4.20. The van der Waals surface area contributed by atoms with Gasteiger partial charge >= 0.3 is 0 Å². The van der Waals surface area contributed by atoms with Crippen LogP contribution in [0.5, 0.6) is 0 Å². The SMILES string of the molecule is N#Cc1cccc(C(=O)N2CC[C@@H](c3noc(-c4ccccc4)n3)C2)c1. The van der Waals surface area contributed by atoms with Gasteiger partial charge in [0.1, 0.15) is 0 Å². The summed E-state index contributed by atoms with van der Waals surface area (Å²) in [6.45, 7) is 1.18. The molecule has 4 rings (SSSR count). The zero-order valence-electron chi connectivity index (χ0n) is 14.0. The van der Waals surface area contributed by atoms with Crippen LogP contribution in [0.3, 0.4) is 0 Å². The second-order valence-electron chi connectivity index (χ2n) is 6.25. The minimum Gasteiger partial charge on any atom is -0.338 e. The van der Waals surface area contributed by atoms with Crippen LogP contribution in [0.25, 0.3) is 11.5 Å². The van der Waals surface area contributed by atoms with Crippen molar-refractivity contribution in [3.05, 3.63) is 71.5 Å². The maximum Gasteiger partial charge on any atom is 0.257 e. The molecule has 0 bridgehead atoms. The van der Waals surface area contributed by atoms with E-state index in [4.69, 9.17) is 9.78 Å². The lowest BCUT2D eigenvalue weighted by Gasteiger charge is -2.16. The largest absolute Gasteiger partial charge is 0.338 e. The number of nitrogens with zero attached hydrogens (tertiary/aromatic N) is 4. The standard InChI is InChI=1S/C20H16N4O2/c21-12-14-5-4-8-16(11-14)20(25)24-10-9-17(13-24)18-22-19(26-23-18)15-6-2-1-3-7-15/h1-8,11,17H,9-10,13H2/t17-/m1/s1. The molecule has 0 N–H and O–H groups in total. The van der Waals surface area contributed by atoms with Gasteiger partial charge in [-0.3, -0.25) is 4.79 Å². The van der Waals surface area contributed by atoms with E-state index >= 15 is 0 Å². The van der Waals surface area contributed by atoms with Crippen LogP contribution in [0.2, 0.25) is 0 Å². The first-order chi connectivity index (χ1) is 12.7. The van der Waals surface area contributed by atoms with Crippen molar-refractivity contribution in [1.29, 1.82) is 5.26 Å². The summed E-state index contributed by atoms with van der Waals surface area (Å²) >= 11 is 0. The number of aromatic nitrogens is 2. The Hall–Kier alpha value is -3.46. The Bertz CT molecular complexity index is 975. The van der Waals surface area contributed by atoms with E-state index in [2.05, 4.69) is 16.2 Å². The lowest BCUT2D eigenvalue weighted by Crippen LogP contribution is -2.28. The predicted octanol–water partition coefficient (Wildman–Crippen LogP) is 3.24. The molecule has 1 atom stereocenters. The third-order valence-electron chi connectivity index (χ3n) is 4.54. The molecule has 6 nitrogen and oxygen atoms in total. The van der Waals surface area contributed by atoms with Crippen molar-refractivity contribution >= 4 is 5.91 Å². The van der Waals surface area contributed by atoms with Crippen molar-refractivity contribution in [3.8, 4) is 17.5 Å². The van der Waals surface area contributed by atoms with Gasteiger partial charge in [-0.05, 0) is 36.8 Å². The summed E-state index contributed by atoms with van der Waals surface area (Å²) in [6.07, 6.45) is 0.789. The number of hydrogen-bond acceptors (Lipinski definition) is 5. The average Bonchev–Trinajstić information content (AvgIpc) is 3.38. The lowest BCUT2D eigenvalue weighted by atomic mass is 10.1. The monoisotopic (exact) mass is 344 g/mol. The van der Waals surface area contributed by atoms with Gasteiger partial charge in [0.05, 0.1) is 11.6 Å². The number of hydrogen-bond donors (Lipinski definition) is 0. The molecule has 0 spiro atoms. The highest BCUT2D eigenvalue weighted by Crippen LogP contribution is 2.28. The average molecular weight is 344 g/mol. The highest BCUT2D eigenvalue weighted by molar-refractivity contribution is 5.94. The van der Waals surface area contributed by atoms with Gasteiger partial charge in [-0.15, -0.1) is 0 Å². The third-order valence-corrected chi connectivity index (χ3v) is 4.54. The minimum atomic E-state index is -0.0728. The molecular formula is C20H16N4O2. The van der Waals surface area contributed by atoms with Crippen molar-refractivity contribution in [1.82, 2.24) is 15.0 Å². The van der Waals surface area contributed by atoms with Crippen LogP contribution < -0.4 is 0 Å². The molecule has 0 aliphatic carbocycles. The zero-order valence-corrected chi connectivity index (χ0v) is 14.0. The van der Waals surface area contributed by atoms with Gasteiger partial charge in [0.15, 0.2) is 5.82 Å². The van der Waals surface area contributed by atoms with Crippen LogP contribution in [0.4, 0.5) is 0 Å². The van der Waals surface area contributed by atoms with Crippen LogP contribution in [0, 0.1) is 11.3 Å². The van der Waals surface area contributed by atoms with Gasteiger partial charge in [0, 0.05) is 30.1 Å². The van der Waals surface area contributed by atoms with Crippen molar-refractivity contribution in [3.63, 3.8) is 0 Å². The third kappa shape index (κ3) is 3.07. The first-order valence-corrected chi connectivity index (χ1v) is 8.43. The molecule has 0 radical (unpaired) electrons. The number of rotatable bonds is 3. The van der Waals surface area contributed by atoms with Gasteiger partial charge in [-0.1, -0.05) is 29.4 Å². The van der Waals surface area contributed by atoms with Crippen molar-refractivity contribution in [2.75, 3.05) is 13.1 Å². The molecular weight excluding hydrogens is 328 g/mol. The molecule has 0 saturated carbocycles. The summed E-state index contributed by atoms with van der Waals surface area (Å²) in [5.41, 5.74) is 1.89. The van der Waals surface area contributed by atoms with E-state index in [-0.39, 0.29) is 11.8 Å². The van der Waals surface area contributed by atoms with E-state index in [9.17, 15) is 4.79 Å². The Balaban J connectivity index is 1.48. The number of carbonyl (C=O) groups is 1. The van der Waals surface area contributed by atoms with E-state index < -0.39 is 0 Å². The van der Waals surface area contributed by atoms with Crippen LogP contribution >= 0.6 is 0 Å². The Morgan fingerprint density at radius 3 is 2.85 bits per heavy atom. The van der Waals surface area contributed by atoms with E-state index in [1.165, 1.54) is 0 Å². The van der Waals surface area contributed by atoms with E-state index in [0.717, 1.165) is 12.0 Å². The Morgan fingerprint density at radius 2 is 2.04 bits per heavy atom. The first kappa shape index (κ1) is 16.0. The summed E-state index contributed by atoms with van der Waals surface area (Å²) < 4.78 is 5.37.